The first-order chi connectivity index (χ1) is 16.1. The van der Waals surface area contributed by atoms with Gasteiger partial charge in [0.1, 0.15) is 18.1 Å². The van der Waals surface area contributed by atoms with Gasteiger partial charge in [0.15, 0.2) is 0 Å². The van der Waals surface area contributed by atoms with Crippen LogP contribution in [-0.2, 0) is 32.0 Å². The third kappa shape index (κ3) is 6.12. The molecular formula is C22H22FN5O6. The van der Waals surface area contributed by atoms with Crippen molar-refractivity contribution < 1.29 is 28.5 Å². The number of nitro benzene ring substituents is 1. The van der Waals surface area contributed by atoms with E-state index in [1.165, 1.54) is 6.07 Å². The minimum absolute atomic E-state index is 0.199. The van der Waals surface area contributed by atoms with E-state index >= 15 is 0 Å². The molecule has 0 unspecified atom stereocenters. The highest BCUT2D eigenvalue weighted by Crippen LogP contribution is 2.19. The van der Waals surface area contributed by atoms with Crippen molar-refractivity contribution in [2.45, 2.75) is 37.4 Å². The van der Waals surface area contributed by atoms with E-state index in [2.05, 4.69) is 16.0 Å². The molecule has 0 saturated carbocycles. The highest BCUT2D eigenvalue weighted by atomic mass is 19.1. The van der Waals surface area contributed by atoms with Crippen LogP contribution in [0.5, 0.6) is 0 Å². The Hall–Kier alpha value is -4.35. The van der Waals surface area contributed by atoms with E-state index in [0.717, 1.165) is 17.7 Å². The lowest BCUT2D eigenvalue weighted by Crippen LogP contribution is -2.63. The molecule has 2 aromatic carbocycles. The molecule has 12 heteroatoms. The summed E-state index contributed by atoms with van der Waals surface area (Å²) in [5, 5.41) is 18.3. The molecule has 1 saturated heterocycles. The molecule has 0 radical (unpaired) electrons. The van der Waals surface area contributed by atoms with Gasteiger partial charge >= 0.3 is 5.69 Å². The van der Waals surface area contributed by atoms with E-state index in [9.17, 15) is 33.7 Å². The number of amides is 4. The average Bonchev–Trinajstić information content (AvgIpc) is 2.78. The lowest BCUT2D eigenvalue weighted by atomic mass is 10.0. The second-order valence-corrected chi connectivity index (χ2v) is 7.79. The Kier molecular flexibility index (Phi) is 7.51. The van der Waals surface area contributed by atoms with Crippen LogP contribution in [0, 0.1) is 15.9 Å². The minimum atomic E-state index is -1.27. The van der Waals surface area contributed by atoms with Gasteiger partial charge in [-0.2, -0.15) is 4.39 Å². The Labute approximate surface area is 193 Å². The van der Waals surface area contributed by atoms with Crippen molar-refractivity contribution in [2.75, 3.05) is 0 Å². The molecule has 178 valence electrons. The molecule has 0 aromatic heterocycles. The molecule has 1 aliphatic rings. The molecule has 3 rings (SSSR count). The molecule has 34 heavy (non-hydrogen) atoms. The Morgan fingerprint density at radius 2 is 1.71 bits per heavy atom. The van der Waals surface area contributed by atoms with Gasteiger partial charge in [-0.25, -0.2) is 0 Å². The van der Waals surface area contributed by atoms with Gasteiger partial charge < -0.3 is 21.7 Å². The fourth-order valence-corrected chi connectivity index (χ4v) is 3.54. The van der Waals surface area contributed by atoms with Crippen LogP contribution in [0.4, 0.5) is 10.1 Å². The first-order valence-electron chi connectivity index (χ1n) is 10.3. The number of carbonyl (C=O) groups is 4. The smallest absolute Gasteiger partial charge is 0.305 e. The molecule has 0 aliphatic carbocycles. The molecule has 4 amide bonds. The highest BCUT2D eigenvalue weighted by molar-refractivity contribution is 5.99. The van der Waals surface area contributed by atoms with Crippen LogP contribution in [0.15, 0.2) is 48.5 Å². The first kappa shape index (κ1) is 24.3. The number of hydrogen-bond acceptors (Lipinski definition) is 6. The summed E-state index contributed by atoms with van der Waals surface area (Å²) in [6.07, 6.45) is -0.404. The summed E-state index contributed by atoms with van der Waals surface area (Å²) in [5.74, 6) is -3.73. The van der Waals surface area contributed by atoms with Crippen molar-refractivity contribution in [3.05, 3.63) is 75.6 Å². The number of nitrogens with two attached hydrogens (primary N) is 1. The van der Waals surface area contributed by atoms with Gasteiger partial charge in [-0.05, 0) is 17.2 Å². The number of primary amides is 1. The summed E-state index contributed by atoms with van der Waals surface area (Å²) in [6.45, 7) is 0. The summed E-state index contributed by atoms with van der Waals surface area (Å²) in [4.78, 5) is 59.1. The van der Waals surface area contributed by atoms with Gasteiger partial charge in [-0.3, -0.25) is 29.3 Å². The maximum atomic E-state index is 13.5. The third-order valence-electron chi connectivity index (χ3n) is 5.26. The maximum Gasteiger partial charge on any atom is 0.305 e. The van der Waals surface area contributed by atoms with Crippen LogP contribution >= 0.6 is 0 Å². The van der Waals surface area contributed by atoms with Crippen LogP contribution in [0.1, 0.15) is 17.5 Å². The highest BCUT2D eigenvalue weighted by Gasteiger charge is 2.35. The number of rotatable bonds is 9. The number of piperazine rings is 1. The summed E-state index contributed by atoms with van der Waals surface area (Å²) < 4.78 is 13.5. The number of hydrogen-bond donors (Lipinski definition) is 4. The number of carbonyl (C=O) groups excluding carboxylic acids is 4. The van der Waals surface area contributed by atoms with Gasteiger partial charge in [0.2, 0.25) is 29.4 Å². The fourth-order valence-electron chi connectivity index (χ4n) is 3.54. The normalized spacial score (nSPS) is 18.4. The van der Waals surface area contributed by atoms with Gasteiger partial charge in [-0.1, -0.05) is 36.4 Å². The van der Waals surface area contributed by atoms with E-state index in [1.54, 1.807) is 0 Å². The molecule has 0 spiro atoms. The zero-order valence-electron chi connectivity index (χ0n) is 17.8. The lowest BCUT2D eigenvalue weighted by Gasteiger charge is -2.29. The van der Waals surface area contributed by atoms with E-state index in [1.807, 2.05) is 30.3 Å². The predicted octanol–water partition coefficient (Wildman–Crippen LogP) is -0.137. The quantitative estimate of drug-likeness (QED) is 0.293. The number of nitrogens with one attached hydrogen (secondary N) is 3. The summed E-state index contributed by atoms with van der Waals surface area (Å²) in [5.41, 5.74) is 5.60. The first-order valence-corrected chi connectivity index (χ1v) is 10.3. The summed E-state index contributed by atoms with van der Waals surface area (Å²) >= 11 is 0. The second-order valence-electron chi connectivity index (χ2n) is 7.79. The molecule has 1 fully saturated rings. The Bertz CT molecular complexity index is 1130. The van der Waals surface area contributed by atoms with Gasteiger partial charge in [0, 0.05) is 18.9 Å². The largest absolute Gasteiger partial charge is 0.368 e. The molecule has 5 N–H and O–H groups in total. The van der Waals surface area contributed by atoms with Crippen LogP contribution in [0.25, 0.3) is 0 Å². The van der Waals surface area contributed by atoms with Crippen molar-refractivity contribution in [1.82, 2.24) is 16.0 Å². The molecule has 2 aromatic rings. The zero-order chi connectivity index (χ0) is 24.8. The average molecular weight is 471 g/mol. The maximum absolute atomic E-state index is 13.5. The van der Waals surface area contributed by atoms with Crippen LogP contribution in [0.3, 0.4) is 0 Å². The van der Waals surface area contributed by atoms with Gasteiger partial charge in [0.25, 0.3) is 0 Å². The van der Waals surface area contributed by atoms with E-state index in [0.29, 0.717) is 0 Å². The molecular weight excluding hydrogens is 449 g/mol. The zero-order valence-corrected chi connectivity index (χ0v) is 17.8. The molecule has 1 heterocycles. The molecule has 0 bridgehead atoms. The van der Waals surface area contributed by atoms with Crippen molar-refractivity contribution in [2.24, 2.45) is 5.73 Å². The number of benzene rings is 2. The standard InChI is InChI=1S/C22H22FN5O6/c23-14-7-6-13(10-18(14)28(33)34)9-15(20(24)30)25-19(29)11-17-22(32)26-16(21(31)27-17)8-12-4-2-1-3-5-12/h1-7,10,15-17H,8-9,11H2,(H2,24,30)(H,25,29)(H,26,32)(H,27,31)/t15-,16+,17+/m1/s1. The predicted molar refractivity (Wildman–Crippen MR) is 117 cm³/mol. The molecule has 1 aliphatic heterocycles. The minimum Gasteiger partial charge on any atom is -0.368 e. The van der Waals surface area contributed by atoms with E-state index < -0.39 is 64.6 Å². The van der Waals surface area contributed by atoms with Gasteiger partial charge in [0.05, 0.1) is 11.3 Å². The Balaban J connectivity index is 1.59. The van der Waals surface area contributed by atoms with Crippen LogP contribution in [0.2, 0.25) is 0 Å². The Morgan fingerprint density at radius 1 is 1.06 bits per heavy atom. The summed E-state index contributed by atoms with van der Waals surface area (Å²) in [6, 6.07) is 8.92. The van der Waals surface area contributed by atoms with Crippen molar-refractivity contribution in [1.29, 1.82) is 0 Å². The van der Waals surface area contributed by atoms with Crippen LogP contribution < -0.4 is 21.7 Å². The SMILES string of the molecule is NC(=O)[C@@H](Cc1ccc(F)c([N+](=O)[O-])c1)NC(=O)C[C@@H]1NC(=O)[C@H](Cc2ccccc2)NC1=O. The monoisotopic (exact) mass is 471 g/mol. The van der Waals surface area contributed by atoms with Gasteiger partial charge in [-0.15, -0.1) is 0 Å². The van der Waals surface area contributed by atoms with Crippen molar-refractivity contribution in [3.63, 3.8) is 0 Å². The lowest BCUT2D eigenvalue weighted by molar-refractivity contribution is -0.387. The molecule has 3 atom stereocenters. The second kappa shape index (κ2) is 10.5. The topological polar surface area (TPSA) is 174 Å². The van der Waals surface area contributed by atoms with Crippen molar-refractivity contribution in [3.8, 4) is 0 Å². The Morgan fingerprint density at radius 3 is 2.35 bits per heavy atom. The number of halogens is 1. The van der Waals surface area contributed by atoms with E-state index in [-0.39, 0.29) is 18.4 Å². The molecule has 11 nitrogen and oxygen atoms in total. The van der Waals surface area contributed by atoms with Crippen molar-refractivity contribution >= 4 is 29.3 Å². The van der Waals surface area contributed by atoms with Crippen LogP contribution in [-0.4, -0.2) is 46.7 Å². The fraction of sp³-hybridized carbons (Fsp3) is 0.273. The van der Waals surface area contributed by atoms with E-state index in [4.69, 9.17) is 5.73 Å². The number of nitrogens with zero attached hydrogens (tertiary/aromatic N) is 1. The summed E-state index contributed by atoms with van der Waals surface area (Å²) in [7, 11) is 0. The third-order valence-corrected chi connectivity index (χ3v) is 5.26. The number of nitro groups is 1.